The number of aliphatic imine (C=N–C) groups is 1. The van der Waals surface area contributed by atoms with Crippen molar-refractivity contribution in [2.75, 3.05) is 26.2 Å². The molecule has 1 N–H and O–H groups in total. The predicted octanol–water partition coefficient (Wildman–Crippen LogP) is 4.70. The van der Waals surface area contributed by atoms with E-state index in [4.69, 9.17) is 0 Å². The lowest BCUT2D eigenvalue weighted by molar-refractivity contribution is -0.132. The number of hydrogen-bond acceptors (Lipinski definition) is 1. The highest BCUT2D eigenvalue weighted by atomic mass is 127. The molecule has 7 heteroatoms. The number of nitrogens with zero attached hydrogens (tertiary/aromatic N) is 2. The third-order valence-electron chi connectivity index (χ3n) is 3.87. The van der Waals surface area contributed by atoms with E-state index in [9.17, 15) is 13.2 Å². The number of hydrogen-bond donors (Lipinski definition) is 1. The van der Waals surface area contributed by atoms with Crippen LogP contribution in [-0.4, -0.2) is 43.2 Å². The van der Waals surface area contributed by atoms with Crippen LogP contribution in [0.15, 0.2) is 40.9 Å². The monoisotopic (exact) mass is 467 g/mol. The second-order valence-electron chi connectivity index (χ2n) is 5.80. The van der Waals surface area contributed by atoms with Gasteiger partial charge in [0.1, 0.15) is 0 Å². The van der Waals surface area contributed by atoms with Gasteiger partial charge in [0, 0.05) is 19.6 Å². The van der Waals surface area contributed by atoms with Gasteiger partial charge in [-0.25, -0.2) is 0 Å². The van der Waals surface area contributed by atoms with Crippen LogP contribution in [0.3, 0.4) is 0 Å². The SMILES string of the molecule is CCNC(=NCCC(F)(F)F)N1CCC(=Cc2ccccc2)CC1.I. The molecule has 1 aliphatic heterocycles. The minimum Gasteiger partial charge on any atom is -0.357 e. The molecular weight excluding hydrogens is 442 g/mol. The zero-order chi connectivity index (χ0) is 17.4. The molecule has 1 saturated heterocycles. The average molecular weight is 467 g/mol. The molecular formula is C18H25F3IN3. The molecule has 25 heavy (non-hydrogen) atoms. The zero-order valence-electron chi connectivity index (χ0n) is 14.4. The Morgan fingerprint density at radius 2 is 1.84 bits per heavy atom. The Kier molecular flexibility index (Phi) is 9.31. The lowest BCUT2D eigenvalue weighted by atomic mass is 10.0. The van der Waals surface area contributed by atoms with Crippen molar-refractivity contribution in [2.45, 2.75) is 32.4 Å². The third-order valence-corrected chi connectivity index (χ3v) is 3.87. The fraction of sp³-hybridized carbons (Fsp3) is 0.500. The first-order valence-electron chi connectivity index (χ1n) is 8.32. The van der Waals surface area contributed by atoms with Crippen molar-refractivity contribution in [1.82, 2.24) is 10.2 Å². The number of halogens is 4. The molecule has 0 radical (unpaired) electrons. The van der Waals surface area contributed by atoms with Gasteiger partial charge in [0.2, 0.25) is 0 Å². The molecule has 0 atom stereocenters. The molecule has 1 heterocycles. The van der Waals surface area contributed by atoms with Gasteiger partial charge in [0.25, 0.3) is 0 Å². The van der Waals surface area contributed by atoms with Gasteiger partial charge in [0.15, 0.2) is 5.96 Å². The number of piperidine rings is 1. The molecule has 0 bridgehead atoms. The van der Waals surface area contributed by atoms with E-state index in [2.05, 4.69) is 28.5 Å². The fourth-order valence-corrected chi connectivity index (χ4v) is 2.65. The molecule has 0 saturated carbocycles. The summed E-state index contributed by atoms with van der Waals surface area (Å²) in [5.74, 6) is 0.584. The van der Waals surface area contributed by atoms with Crippen molar-refractivity contribution in [3.63, 3.8) is 0 Å². The summed E-state index contributed by atoms with van der Waals surface area (Å²) in [6, 6.07) is 10.2. The molecule has 1 aromatic carbocycles. The summed E-state index contributed by atoms with van der Waals surface area (Å²) in [5, 5.41) is 3.09. The van der Waals surface area contributed by atoms with Crippen molar-refractivity contribution in [2.24, 2.45) is 4.99 Å². The van der Waals surface area contributed by atoms with E-state index in [1.165, 1.54) is 11.1 Å². The number of nitrogens with one attached hydrogen (secondary N) is 1. The molecule has 140 valence electrons. The van der Waals surface area contributed by atoms with E-state index in [0.29, 0.717) is 12.5 Å². The quantitative estimate of drug-likeness (QED) is 0.395. The van der Waals surface area contributed by atoms with Crippen LogP contribution in [0.2, 0.25) is 0 Å². The van der Waals surface area contributed by atoms with E-state index < -0.39 is 12.6 Å². The van der Waals surface area contributed by atoms with Gasteiger partial charge >= 0.3 is 6.18 Å². The van der Waals surface area contributed by atoms with Gasteiger partial charge in [-0.2, -0.15) is 13.2 Å². The van der Waals surface area contributed by atoms with Crippen LogP contribution in [0.25, 0.3) is 6.08 Å². The zero-order valence-corrected chi connectivity index (χ0v) is 16.7. The number of alkyl halides is 3. The van der Waals surface area contributed by atoms with Gasteiger partial charge in [-0.1, -0.05) is 42.0 Å². The maximum absolute atomic E-state index is 12.3. The summed E-state index contributed by atoms with van der Waals surface area (Å²) in [6.45, 7) is 3.89. The van der Waals surface area contributed by atoms with Gasteiger partial charge in [-0.3, -0.25) is 4.99 Å². The first-order valence-corrected chi connectivity index (χ1v) is 8.32. The van der Waals surface area contributed by atoms with Gasteiger partial charge in [0.05, 0.1) is 13.0 Å². The molecule has 1 aliphatic rings. The Labute approximate surface area is 164 Å². The number of guanidine groups is 1. The van der Waals surface area contributed by atoms with Gasteiger partial charge in [-0.05, 0) is 25.3 Å². The summed E-state index contributed by atoms with van der Waals surface area (Å²) < 4.78 is 36.8. The number of rotatable bonds is 4. The van der Waals surface area contributed by atoms with Crippen LogP contribution >= 0.6 is 24.0 Å². The number of likely N-dealkylation sites (tertiary alicyclic amines) is 1. The van der Waals surface area contributed by atoms with Crippen molar-refractivity contribution in [3.05, 3.63) is 41.5 Å². The molecule has 0 spiro atoms. The Morgan fingerprint density at radius 3 is 2.40 bits per heavy atom. The first-order chi connectivity index (χ1) is 11.5. The Balaban J connectivity index is 0.00000312. The topological polar surface area (TPSA) is 27.6 Å². The highest BCUT2D eigenvalue weighted by Crippen LogP contribution is 2.21. The Hall–Kier alpha value is -1.25. The van der Waals surface area contributed by atoms with Gasteiger partial charge < -0.3 is 10.2 Å². The average Bonchev–Trinajstić information content (AvgIpc) is 2.55. The summed E-state index contributed by atoms with van der Waals surface area (Å²) in [5.41, 5.74) is 2.55. The molecule has 2 rings (SSSR count). The van der Waals surface area contributed by atoms with Crippen LogP contribution in [0, 0.1) is 0 Å². The van der Waals surface area contributed by atoms with Crippen molar-refractivity contribution in [3.8, 4) is 0 Å². The summed E-state index contributed by atoms with van der Waals surface area (Å²) in [6.07, 6.45) is -1.04. The lowest BCUT2D eigenvalue weighted by Crippen LogP contribution is -2.44. The standard InChI is InChI=1S/C18H24F3N3.HI/c1-2-22-17(23-11-10-18(19,20)21)24-12-8-16(9-13-24)14-15-6-4-3-5-7-15;/h3-7,14H,2,8-13H2,1H3,(H,22,23);1H. The highest BCUT2D eigenvalue weighted by Gasteiger charge is 2.26. The van der Waals surface area contributed by atoms with Gasteiger partial charge in [-0.15, -0.1) is 24.0 Å². The van der Waals surface area contributed by atoms with Crippen molar-refractivity contribution in [1.29, 1.82) is 0 Å². The normalized spacial score (nSPS) is 15.6. The van der Waals surface area contributed by atoms with Crippen LogP contribution in [-0.2, 0) is 0 Å². The summed E-state index contributed by atoms with van der Waals surface area (Å²) in [7, 11) is 0. The molecule has 1 fully saturated rings. The molecule has 0 amide bonds. The number of benzene rings is 1. The van der Waals surface area contributed by atoms with E-state index in [-0.39, 0.29) is 30.5 Å². The minimum atomic E-state index is -4.16. The second-order valence-corrected chi connectivity index (χ2v) is 5.80. The molecule has 0 aliphatic carbocycles. The highest BCUT2D eigenvalue weighted by molar-refractivity contribution is 14.0. The van der Waals surface area contributed by atoms with E-state index in [0.717, 1.165) is 25.9 Å². The maximum atomic E-state index is 12.3. The maximum Gasteiger partial charge on any atom is 0.390 e. The van der Waals surface area contributed by atoms with E-state index >= 15 is 0 Å². The van der Waals surface area contributed by atoms with E-state index in [1.807, 2.05) is 30.0 Å². The predicted molar refractivity (Wildman–Crippen MR) is 107 cm³/mol. The first kappa shape index (κ1) is 21.8. The van der Waals surface area contributed by atoms with Crippen molar-refractivity contribution >= 4 is 36.0 Å². The Bertz CT molecular complexity index is 561. The fourth-order valence-electron chi connectivity index (χ4n) is 2.65. The van der Waals surface area contributed by atoms with Crippen LogP contribution in [0.5, 0.6) is 0 Å². The van der Waals surface area contributed by atoms with Crippen molar-refractivity contribution < 1.29 is 13.2 Å². The van der Waals surface area contributed by atoms with Crippen LogP contribution in [0.1, 0.15) is 31.7 Å². The summed E-state index contributed by atoms with van der Waals surface area (Å²) in [4.78, 5) is 6.17. The molecule has 0 unspecified atom stereocenters. The lowest BCUT2D eigenvalue weighted by Gasteiger charge is -2.31. The second kappa shape index (κ2) is 10.7. The molecule has 1 aromatic rings. The third kappa shape index (κ3) is 8.11. The van der Waals surface area contributed by atoms with E-state index in [1.54, 1.807) is 0 Å². The van der Waals surface area contributed by atoms with Crippen LogP contribution < -0.4 is 5.32 Å². The minimum absolute atomic E-state index is 0. The largest absolute Gasteiger partial charge is 0.390 e. The van der Waals surface area contributed by atoms with Crippen LogP contribution in [0.4, 0.5) is 13.2 Å². The Morgan fingerprint density at radius 1 is 1.20 bits per heavy atom. The molecule has 0 aromatic heterocycles. The molecule has 3 nitrogen and oxygen atoms in total. The summed E-state index contributed by atoms with van der Waals surface area (Å²) >= 11 is 0. The smallest absolute Gasteiger partial charge is 0.357 e.